The molecule has 0 saturated heterocycles. The largest absolute Gasteiger partial charge is 1.00 e. The second kappa shape index (κ2) is 10.4. The van der Waals surface area contributed by atoms with Gasteiger partial charge in [-0.1, -0.05) is 13.8 Å². The third-order valence-electron chi connectivity index (χ3n) is 2.87. The Morgan fingerprint density at radius 3 is 2.48 bits per heavy atom. The van der Waals surface area contributed by atoms with Crippen LogP contribution in [0.25, 0.3) is 0 Å². The quantitative estimate of drug-likeness (QED) is 0.604. The summed E-state index contributed by atoms with van der Waals surface area (Å²) in [7, 11) is 0. The number of rotatable bonds is 8. The van der Waals surface area contributed by atoms with Crippen molar-refractivity contribution in [3.63, 3.8) is 0 Å². The van der Waals surface area contributed by atoms with Crippen LogP contribution in [0.4, 0.5) is 0 Å². The summed E-state index contributed by atoms with van der Waals surface area (Å²) in [5, 5.41) is 0. The molecule has 0 aromatic carbocycles. The highest BCUT2D eigenvalue weighted by Crippen LogP contribution is 2.09. The Morgan fingerprint density at radius 1 is 1.33 bits per heavy atom. The molecular formula is C15H25ClN2O3. The normalized spacial score (nSPS) is 10.4. The van der Waals surface area contributed by atoms with E-state index < -0.39 is 0 Å². The molecular weight excluding hydrogens is 292 g/mol. The molecule has 1 aromatic heterocycles. The van der Waals surface area contributed by atoms with Gasteiger partial charge in [-0.05, 0) is 33.0 Å². The average Bonchev–Trinajstić information content (AvgIpc) is 2.43. The topological polar surface area (TPSA) is 51.7 Å². The molecule has 0 spiro atoms. The summed E-state index contributed by atoms with van der Waals surface area (Å²) in [6.45, 7) is 11.3. The summed E-state index contributed by atoms with van der Waals surface area (Å²) in [4.78, 5) is 18.0. The van der Waals surface area contributed by atoms with E-state index in [-0.39, 0.29) is 25.9 Å². The second-order valence-corrected chi connectivity index (χ2v) is 4.71. The second-order valence-electron chi connectivity index (χ2n) is 4.71. The van der Waals surface area contributed by atoms with Gasteiger partial charge in [0.1, 0.15) is 6.61 Å². The summed E-state index contributed by atoms with van der Waals surface area (Å²) in [6, 6.07) is 3.36. The maximum atomic E-state index is 11.6. The smallest absolute Gasteiger partial charge is 1.00 e. The van der Waals surface area contributed by atoms with Crippen molar-refractivity contribution in [2.75, 3.05) is 26.2 Å². The molecule has 21 heavy (non-hydrogen) atoms. The van der Waals surface area contributed by atoms with Gasteiger partial charge in [-0.2, -0.15) is 0 Å². The van der Waals surface area contributed by atoms with Gasteiger partial charge in [0.15, 0.2) is 0 Å². The predicted octanol–water partition coefficient (Wildman–Crippen LogP) is -0.516. The predicted molar refractivity (Wildman–Crippen MR) is 79.2 cm³/mol. The number of nitrogens with zero attached hydrogens (tertiary/aromatic N) is 2. The van der Waals surface area contributed by atoms with Crippen LogP contribution in [0.2, 0.25) is 0 Å². The first-order valence-corrected chi connectivity index (χ1v) is 7.09. The van der Waals surface area contributed by atoms with Crippen LogP contribution in [0.15, 0.2) is 18.3 Å². The van der Waals surface area contributed by atoms with E-state index in [1.54, 1.807) is 12.1 Å². The van der Waals surface area contributed by atoms with Crippen LogP contribution in [0.3, 0.4) is 0 Å². The molecule has 0 saturated carbocycles. The van der Waals surface area contributed by atoms with E-state index >= 15 is 0 Å². The van der Waals surface area contributed by atoms with E-state index in [9.17, 15) is 4.79 Å². The van der Waals surface area contributed by atoms with Gasteiger partial charge < -0.3 is 26.8 Å². The van der Waals surface area contributed by atoms with Crippen LogP contribution in [0, 0.1) is 0 Å². The number of carbonyl (C=O) groups is 1. The van der Waals surface area contributed by atoms with E-state index in [0.717, 1.165) is 19.6 Å². The maximum Gasteiger partial charge on any atom is 1.00 e. The lowest BCUT2D eigenvalue weighted by molar-refractivity contribution is -0.0000334. The third-order valence-corrected chi connectivity index (χ3v) is 2.87. The zero-order valence-corrected chi connectivity index (χ0v) is 13.9. The van der Waals surface area contributed by atoms with Crippen molar-refractivity contribution in [1.29, 1.82) is 0 Å². The summed E-state index contributed by atoms with van der Waals surface area (Å²) in [5.74, 6) is 0.167. The van der Waals surface area contributed by atoms with Crippen LogP contribution in [-0.4, -0.2) is 48.2 Å². The van der Waals surface area contributed by atoms with Gasteiger partial charge in [0.05, 0.1) is 11.7 Å². The molecule has 0 aliphatic rings. The number of likely N-dealkylation sites (N-methyl/N-ethyl adjacent to an activating group) is 1. The maximum absolute atomic E-state index is 11.6. The Hall–Kier alpha value is -1.33. The molecule has 1 rings (SSSR count). The van der Waals surface area contributed by atoms with Crippen molar-refractivity contribution in [3.05, 3.63) is 23.9 Å². The fourth-order valence-electron chi connectivity index (χ4n) is 1.69. The Kier molecular flexibility index (Phi) is 9.75. The summed E-state index contributed by atoms with van der Waals surface area (Å²) >= 11 is 0. The van der Waals surface area contributed by atoms with Gasteiger partial charge >= 0.3 is 7.40 Å². The highest BCUT2D eigenvalue weighted by atomic mass is 35.5. The standard InChI is InChI=1S/C15H24N2O3.ClH/c1-5-17(6-2)9-10-19-14-8-7-13(11-16-14)15(18)20-12(3)4;/h7-8,11-12H,5-6,9-10H2,1-4H3;1H. The Labute approximate surface area is 134 Å². The fraction of sp³-hybridized carbons (Fsp3) is 0.600. The number of aromatic nitrogens is 1. The molecule has 0 atom stereocenters. The van der Waals surface area contributed by atoms with Crippen molar-refractivity contribution >= 4 is 5.97 Å². The molecule has 0 radical (unpaired) electrons. The van der Waals surface area contributed by atoms with Crippen LogP contribution in [-0.2, 0) is 4.74 Å². The van der Waals surface area contributed by atoms with Crippen LogP contribution < -0.4 is 17.1 Å². The first-order valence-electron chi connectivity index (χ1n) is 7.09. The van der Waals surface area contributed by atoms with Crippen molar-refractivity contribution in [2.24, 2.45) is 0 Å². The van der Waals surface area contributed by atoms with Crippen molar-refractivity contribution in [2.45, 2.75) is 33.8 Å². The molecule has 120 valence electrons. The molecule has 1 aromatic rings. The fourth-order valence-corrected chi connectivity index (χ4v) is 1.69. The lowest BCUT2D eigenvalue weighted by Crippen LogP contribution is -3.00. The zero-order chi connectivity index (χ0) is 15.0. The highest BCUT2D eigenvalue weighted by Gasteiger charge is 2.09. The highest BCUT2D eigenvalue weighted by molar-refractivity contribution is 5.89. The molecule has 0 aliphatic heterocycles. The van der Waals surface area contributed by atoms with Gasteiger partial charge in [-0.15, -0.1) is 0 Å². The number of halogens is 1. The van der Waals surface area contributed by atoms with Crippen LogP contribution in [0.1, 0.15) is 39.5 Å². The number of esters is 1. The molecule has 1 heterocycles. The summed E-state index contributed by atoms with van der Waals surface area (Å²) in [5.41, 5.74) is 0.440. The number of hydrogen-bond donors (Lipinski definition) is 0. The van der Waals surface area contributed by atoms with Gasteiger partial charge in [0, 0.05) is 18.8 Å². The number of ether oxygens (including phenoxy) is 2. The molecule has 0 bridgehead atoms. The molecule has 0 amide bonds. The Bertz CT molecular complexity index is 412. The van der Waals surface area contributed by atoms with E-state index in [1.165, 1.54) is 6.20 Å². The summed E-state index contributed by atoms with van der Waals surface area (Å²) in [6.07, 6.45) is 1.35. The van der Waals surface area contributed by atoms with Crippen molar-refractivity contribution < 1.29 is 28.1 Å². The van der Waals surface area contributed by atoms with Gasteiger partial charge in [0.25, 0.3) is 0 Å². The molecule has 0 N–H and O–H groups in total. The Balaban J connectivity index is 0. The average molecular weight is 317 g/mol. The van der Waals surface area contributed by atoms with E-state index in [0.29, 0.717) is 18.1 Å². The minimum atomic E-state index is -0.359. The molecule has 0 fully saturated rings. The first-order chi connectivity index (χ1) is 9.56. The van der Waals surface area contributed by atoms with Crippen LogP contribution in [0.5, 0.6) is 5.88 Å². The molecule has 6 heteroatoms. The number of pyridine rings is 1. The molecule has 5 nitrogen and oxygen atoms in total. The summed E-state index contributed by atoms with van der Waals surface area (Å²) < 4.78 is 10.6. The minimum Gasteiger partial charge on any atom is -1.00 e. The zero-order valence-electron chi connectivity index (χ0n) is 14.1. The van der Waals surface area contributed by atoms with Gasteiger partial charge in [-0.25, -0.2) is 9.78 Å². The van der Waals surface area contributed by atoms with Gasteiger partial charge in [-0.3, -0.25) is 0 Å². The number of hydrogen-bond acceptors (Lipinski definition) is 5. The number of carbonyl (C=O) groups excluding carboxylic acids is 1. The lowest BCUT2D eigenvalue weighted by atomic mass is 10.3. The van der Waals surface area contributed by atoms with Crippen molar-refractivity contribution in [3.8, 4) is 5.88 Å². The SMILES string of the molecule is CCN(CC)CCOc1ccc(C(=O)OC(C)C)cn1.[Cl-].[H+]. The molecule has 0 unspecified atom stereocenters. The van der Waals surface area contributed by atoms with E-state index in [4.69, 9.17) is 9.47 Å². The van der Waals surface area contributed by atoms with Gasteiger partial charge in [0.2, 0.25) is 5.88 Å². The minimum absolute atomic E-state index is 0. The van der Waals surface area contributed by atoms with E-state index in [1.807, 2.05) is 13.8 Å². The lowest BCUT2D eigenvalue weighted by Gasteiger charge is -2.17. The monoisotopic (exact) mass is 316 g/mol. The Morgan fingerprint density at radius 2 is 2.00 bits per heavy atom. The van der Waals surface area contributed by atoms with Crippen molar-refractivity contribution in [1.82, 2.24) is 9.88 Å². The van der Waals surface area contributed by atoms with Crippen LogP contribution >= 0.6 is 0 Å². The van der Waals surface area contributed by atoms with E-state index in [2.05, 4.69) is 23.7 Å². The first kappa shape index (κ1) is 19.7. The third kappa shape index (κ3) is 7.29. The molecule has 0 aliphatic carbocycles.